The van der Waals surface area contributed by atoms with E-state index in [1.807, 2.05) is 30.3 Å². The smallest absolute Gasteiger partial charge is 0.328 e. The second kappa shape index (κ2) is 9.31. The molecule has 4 amide bonds. The minimum atomic E-state index is -1.47. The molecule has 4 aromatic rings. The molecule has 0 unspecified atom stereocenters. The highest BCUT2D eigenvalue weighted by molar-refractivity contribution is 6.30. The predicted molar refractivity (Wildman–Crippen MR) is 138 cm³/mol. The summed E-state index contributed by atoms with van der Waals surface area (Å²) in [6, 6.07) is 19.1. The van der Waals surface area contributed by atoms with Gasteiger partial charge in [-0.15, -0.1) is 0 Å². The number of nitrogens with one attached hydrogen (secondary N) is 2. The number of carbonyl (C=O) groups is 3. The Balaban J connectivity index is 1.15. The topological polar surface area (TPSA) is 127 Å². The van der Waals surface area contributed by atoms with Gasteiger partial charge in [0, 0.05) is 34.8 Å². The molecule has 2 fully saturated rings. The lowest BCUT2D eigenvalue weighted by molar-refractivity contribution is -0.137. The second-order valence-corrected chi connectivity index (χ2v) is 9.35. The van der Waals surface area contributed by atoms with Crippen LogP contribution >= 0.6 is 11.6 Å². The van der Waals surface area contributed by atoms with E-state index in [2.05, 4.69) is 20.8 Å². The molecule has 0 saturated carbocycles. The third kappa shape index (κ3) is 4.14. The molecule has 0 bridgehead atoms. The number of benzene rings is 2. The number of carbonyl (C=O) groups excluding carboxylic acids is 3. The minimum Gasteiger partial charge on any atom is -0.439 e. The number of rotatable bonds is 5. The van der Waals surface area contributed by atoms with Gasteiger partial charge in [-0.1, -0.05) is 28.9 Å². The number of nitrogens with zero attached hydrogens (tertiary/aromatic N) is 3. The van der Waals surface area contributed by atoms with Gasteiger partial charge in [0.2, 0.25) is 5.88 Å². The highest BCUT2D eigenvalue weighted by Crippen LogP contribution is 2.36. The van der Waals surface area contributed by atoms with Crippen molar-refractivity contribution in [1.29, 1.82) is 0 Å². The van der Waals surface area contributed by atoms with Gasteiger partial charge in [0.05, 0.1) is 11.9 Å². The Kier molecular flexibility index (Phi) is 5.80. The number of urea groups is 1. The number of hydrogen-bond acceptors (Lipinski definition) is 8. The summed E-state index contributed by atoms with van der Waals surface area (Å²) < 4.78 is 11.4. The summed E-state index contributed by atoms with van der Waals surface area (Å²) in [5, 5.41) is 9.19. The van der Waals surface area contributed by atoms with Gasteiger partial charge in [-0.25, -0.2) is 9.78 Å². The Morgan fingerprint density at radius 1 is 0.921 bits per heavy atom. The molecule has 190 valence electrons. The number of ether oxygens (including phenoxy) is 1. The van der Waals surface area contributed by atoms with Crippen LogP contribution in [0.4, 0.5) is 10.5 Å². The maximum absolute atomic E-state index is 12.7. The van der Waals surface area contributed by atoms with Crippen LogP contribution in [0.25, 0.3) is 22.6 Å². The van der Waals surface area contributed by atoms with Crippen molar-refractivity contribution >= 4 is 35.1 Å². The fourth-order valence-corrected chi connectivity index (χ4v) is 4.88. The summed E-state index contributed by atoms with van der Waals surface area (Å²) in [6.45, 7) is 0.472. The van der Waals surface area contributed by atoms with Crippen molar-refractivity contribution in [2.24, 2.45) is 0 Å². The number of barbiturate groups is 1. The Morgan fingerprint density at radius 2 is 1.63 bits per heavy atom. The fourth-order valence-electron chi connectivity index (χ4n) is 4.76. The molecule has 2 saturated heterocycles. The van der Waals surface area contributed by atoms with E-state index in [0.717, 1.165) is 11.1 Å². The van der Waals surface area contributed by atoms with Crippen LogP contribution in [0.15, 0.2) is 77.4 Å². The van der Waals surface area contributed by atoms with Crippen LogP contribution in [0.2, 0.25) is 5.02 Å². The third-order valence-electron chi connectivity index (χ3n) is 6.63. The average molecular weight is 530 g/mol. The standard InChI is InChI=1S/C27H20ClN5O5/c28-18-6-2-16(3-7-18)21-14-22(38-32-21)17-4-9-20(10-5-17)37-23-11-8-19(15-29-23)33-13-1-12-27(33)24(34)30-26(36)31-25(27)35/h2-11,14-15H,1,12-13H2,(H2,30,31,34,35,36). The van der Waals surface area contributed by atoms with Gasteiger partial charge in [-0.05, 0) is 55.3 Å². The van der Waals surface area contributed by atoms with Crippen LogP contribution in [0.1, 0.15) is 12.8 Å². The van der Waals surface area contributed by atoms with Gasteiger partial charge in [0.1, 0.15) is 11.4 Å². The zero-order valence-electron chi connectivity index (χ0n) is 19.8. The van der Waals surface area contributed by atoms with Gasteiger partial charge in [0.25, 0.3) is 11.8 Å². The first-order valence-corrected chi connectivity index (χ1v) is 12.2. The quantitative estimate of drug-likeness (QED) is 0.360. The van der Waals surface area contributed by atoms with Crippen LogP contribution in [0.3, 0.4) is 0 Å². The molecule has 38 heavy (non-hydrogen) atoms. The van der Waals surface area contributed by atoms with Crippen LogP contribution in [0.5, 0.6) is 11.6 Å². The van der Waals surface area contributed by atoms with Crippen molar-refractivity contribution in [3.05, 3.63) is 77.9 Å². The first kappa shape index (κ1) is 23.7. The molecule has 0 radical (unpaired) electrons. The van der Waals surface area contributed by atoms with E-state index in [0.29, 0.717) is 53.2 Å². The van der Waals surface area contributed by atoms with Crippen LogP contribution in [-0.2, 0) is 9.59 Å². The first-order valence-electron chi connectivity index (χ1n) is 11.8. The molecule has 2 N–H and O–H groups in total. The number of imide groups is 2. The molecule has 2 aromatic heterocycles. The largest absolute Gasteiger partial charge is 0.439 e. The lowest BCUT2D eigenvalue weighted by Crippen LogP contribution is -2.71. The van der Waals surface area contributed by atoms with E-state index in [1.165, 1.54) is 0 Å². The van der Waals surface area contributed by atoms with Gasteiger partial charge in [-0.3, -0.25) is 20.2 Å². The van der Waals surface area contributed by atoms with Crippen molar-refractivity contribution in [3.8, 4) is 34.2 Å². The molecule has 11 heteroatoms. The zero-order chi connectivity index (χ0) is 26.3. The van der Waals surface area contributed by atoms with Crippen molar-refractivity contribution in [3.63, 3.8) is 0 Å². The Labute approximate surface area is 221 Å². The van der Waals surface area contributed by atoms with E-state index in [9.17, 15) is 14.4 Å². The number of pyridine rings is 1. The summed E-state index contributed by atoms with van der Waals surface area (Å²) in [5.74, 6) is 0.259. The Morgan fingerprint density at radius 3 is 2.32 bits per heavy atom. The summed E-state index contributed by atoms with van der Waals surface area (Å²) >= 11 is 5.95. The van der Waals surface area contributed by atoms with E-state index in [4.69, 9.17) is 20.9 Å². The number of amides is 4. The molecule has 10 nitrogen and oxygen atoms in total. The molecule has 2 aliphatic rings. The zero-order valence-corrected chi connectivity index (χ0v) is 20.6. The molecule has 0 atom stereocenters. The van der Waals surface area contributed by atoms with Crippen LogP contribution in [-0.4, -0.2) is 40.1 Å². The van der Waals surface area contributed by atoms with Crippen molar-refractivity contribution in [1.82, 2.24) is 20.8 Å². The average Bonchev–Trinajstić information content (AvgIpc) is 3.58. The number of aromatic nitrogens is 2. The molecule has 1 spiro atoms. The van der Waals surface area contributed by atoms with E-state index < -0.39 is 23.4 Å². The van der Waals surface area contributed by atoms with Gasteiger partial charge in [-0.2, -0.15) is 0 Å². The first-order chi connectivity index (χ1) is 18.4. The molecule has 6 rings (SSSR count). The molecule has 2 aromatic carbocycles. The Bertz CT molecular complexity index is 1510. The lowest BCUT2D eigenvalue weighted by atomic mass is 9.92. The van der Waals surface area contributed by atoms with E-state index in [-0.39, 0.29) is 0 Å². The van der Waals surface area contributed by atoms with Crippen molar-refractivity contribution in [2.45, 2.75) is 18.4 Å². The second-order valence-electron chi connectivity index (χ2n) is 8.92. The van der Waals surface area contributed by atoms with E-state index >= 15 is 0 Å². The predicted octanol–water partition coefficient (Wildman–Crippen LogP) is 4.55. The molecular weight excluding hydrogens is 510 g/mol. The SMILES string of the molecule is O=C1NC(=O)C2(CCCN2c2ccc(Oc3ccc(-c4cc(-c5ccc(Cl)cc5)no4)cc3)nc2)C(=O)N1. The van der Waals surface area contributed by atoms with Gasteiger partial charge in [0.15, 0.2) is 11.3 Å². The monoisotopic (exact) mass is 529 g/mol. The summed E-state index contributed by atoms with van der Waals surface area (Å²) in [7, 11) is 0. The number of anilines is 1. The third-order valence-corrected chi connectivity index (χ3v) is 6.88. The fraction of sp³-hybridized carbons (Fsp3) is 0.148. The van der Waals surface area contributed by atoms with Crippen molar-refractivity contribution in [2.75, 3.05) is 11.4 Å². The maximum atomic E-state index is 12.7. The van der Waals surface area contributed by atoms with Crippen LogP contribution < -0.4 is 20.3 Å². The highest BCUT2D eigenvalue weighted by Gasteiger charge is 2.57. The lowest BCUT2D eigenvalue weighted by Gasteiger charge is -2.38. The van der Waals surface area contributed by atoms with E-state index in [1.54, 1.807) is 47.5 Å². The number of halogens is 1. The minimum absolute atomic E-state index is 0.301. The summed E-state index contributed by atoms with van der Waals surface area (Å²) in [4.78, 5) is 42.9. The van der Waals surface area contributed by atoms with Crippen molar-refractivity contribution < 1.29 is 23.6 Å². The molecule has 2 aliphatic heterocycles. The number of hydrogen-bond donors (Lipinski definition) is 2. The highest BCUT2D eigenvalue weighted by atomic mass is 35.5. The summed E-state index contributed by atoms with van der Waals surface area (Å²) in [5.41, 5.74) is 1.54. The Hall–Kier alpha value is -4.70. The maximum Gasteiger partial charge on any atom is 0.328 e. The van der Waals surface area contributed by atoms with Gasteiger partial charge < -0.3 is 14.2 Å². The molecular formula is C27H20ClN5O5. The summed E-state index contributed by atoms with van der Waals surface area (Å²) in [6.07, 6.45) is 2.46. The molecule has 0 aliphatic carbocycles. The normalized spacial score (nSPS) is 16.4. The molecule has 4 heterocycles. The van der Waals surface area contributed by atoms with Gasteiger partial charge >= 0.3 is 6.03 Å². The van der Waals surface area contributed by atoms with Crippen LogP contribution in [0, 0.1) is 0 Å².